The molecule has 12 nitrogen and oxygen atoms in total. The quantitative estimate of drug-likeness (QED) is 0.273. The SMILES string of the molecule is C=C(C)C(=O)O.C=C(C)C(=O)O.C=C(C)C(=O)O.C=CC(=O)O.C=CC(=O)O.C=CC(=O)O.CCC. The van der Waals surface area contributed by atoms with Crippen LogP contribution in [0.2, 0.25) is 0 Å². The van der Waals surface area contributed by atoms with E-state index in [0.717, 1.165) is 18.2 Å². The second-order valence-corrected chi connectivity index (χ2v) is 5.59. The molecule has 0 aliphatic heterocycles. The lowest BCUT2D eigenvalue weighted by atomic mass is 10.4. The van der Waals surface area contributed by atoms with E-state index in [4.69, 9.17) is 30.6 Å². The lowest BCUT2D eigenvalue weighted by molar-refractivity contribution is -0.133. The van der Waals surface area contributed by atoms with Gasteiger partial charge in [-0.1, -0.05) is 59.7 Å². The third-order valence-electron chi connectivity index (χ3n) is 1.62. The Balaban J connectivity index is -0.0000000550. The molecule has 0 unspecified atom stereocenters. The molecule has 206 valence electrons. The van der Waals surface area contributed by atoms with Gasteiger partial charge in [0.1, 0.15) is 0 Å². The van der Waals surface area contributed by atoms with E-state index in [1.807, 2.05) is 0 Å². The minimum absolute atomic E-state index is 0.176. The predicted molar refractivity (Wildman–Crippen MR) is 137 cm³/mol. The lowest BCUT2D eigenvalue weighted by Gasteiger charge is -1.79. The van der Waals surface area contributed by atoms with Crippen LogP contribution in [-0.4, -0.2) is 66.5 Å². The number of carboxylic acids is 6. The number of rotatable bonds is 6. The molecule has 0 aromatic rings. The summed E-state index contributed by atoms with van der Waals surface area (Å²) in [6, 6.07) is 0. The first-order chi connectivity index (χ1) is 16.2. The first-order valence-corrected chi connectivity index (χ1v) is 9.38. The summed E-state index contributed by atoms with van der Waals surface area (Å²) in [6.07, 6.45) is 3.75. The van der Waals surface area contributed by atoms with Gasteiger partial charge in [-0.05, 0) is 20.8 Å². The average molecular weight is 519 g/mol. The first-order valence-electron chi connectivity index (χ1n) is 9.38. The van der Waals surface area contributed by atoms with Gasteiger partial charge in [0.05, 0.1) is 0 Å². The van der Waals surface area contributed by atoms with Crippen molar-refractivity contribution in [2.75, 3.05) is 0 Å². The Hall–Kier alpha value is -4.74. The average Bonchev–Trinajstić information content (AvgIpc) is 2.76. The van der Waals surface area contributed by atoms with Gasteiger partial charge in [0.2, 0.25) is 0 Å². The number of aliphatic carboxylic acids is 6. The standard InChI is InChI=1S/3C4H6O2.3C3H4O2.C3H8/c3*1-3(2)4(5)6;3*1-2-3(4)5;1-3-2/h3*1H2,2H3,(H,5,6);3*2H,1H2,(H,4,5);3H2,1-2H3. The van der Waals surface area contributed by atoms with Crippen LogP contribution in [0.4, 0.5) is 0 Å². The second kappa shape index (κ2) is 37.6. The van der Waals surface area contributed by atoms with Crippen LogP contribution >= 0.6 is 0 Å². The summed E-state index contributed by atoms with van der Waals surface area (Å²) in [5.41, 5.74) is 0.528. The molecule has 0 aliphatic rings. The van der Waals surface area contributed by atoms with Crippen molar-refractivity contribution in [1.82, 2.24) is 0 Å². The summed E-state index contributed by atoms with van der Waals surface area (Å²) in [5.74, 6) is -5.75. The molecule has 0 radical (unpaired) electrons. The van der Waals surface area contributed by atoms with Crippen molar-refractivity contribution in [3.8, 4) is 0 Å². The predicted octanol–water partition coefficient (Wildman–Crippen LogP) is 4.13. The fourth-order valence-electron chi connectivity index (χ4n) is 0. The summed E-state index contributed by atoms with van der Waals surface area (Å²) in [5, 5.41) is 46.5. The molecular weight excluding hydrogens is 480 g/mol. The Morgan fingerprint density at radius 2 is 0.556 bits per heavy atom. The molecular formula is C24H38O12. The minimum atomic E-state index is -0.981. The van der Waals surface area contributed by atoms with E-state index in [0.29, 0.717) is 0 Å². The molecule has 6 N–H and O–H groups in total. The van der Waals surface area contributed by atoms with Crippen LogP contribution in [0.3, 0.4) is 0 Å². The second-order valence-electron chi connectivity index (χ2n) is 5.59. The van der Waals surface area contributed by atoms with Crippen molar-refractivity contribution < 1.29 is 59.4 Å². The summed E-state index contributed by atoms with van der Waals surface area (Å²) < 4.78 is 0. The zero-order valence-corrected chi connectivity index (χ0v) is 21.3. The van der Waals surface area contributed by atoms with Gasteiger partial charge in [-0.3, -0.25) is 0 Å². The molecule has 0 spiro atoms. The maximum atomic E-state index is 9.60. The molecule has 0 fully saturated rings. The van der Waals surface area contributed by atoms with Gasteiger partial charge in [-0.15, -0.1) is 0 Å². The van der Waals surface area contributed by atoms with E-state index < -0.39 is 35.8 Å². The van der Waals surface area contributed by atoms with Gasteiger partial charge >= 0.3 is 35.8 Å². The summed E-state index contributed by atoms with van der Waals surface area (Å²) in [7, 11) is 0. The summed E-state index contributed by atoms with van der Waals surface area (Å²) >= 11 is 0. The van der Waals surface area contributed by atoms with Gasteiger partial charge in [-0.25, -0.2) is 28.8 Å². The summed E-state index contributed by atoms with van der Waals surface area (Å²) in [6.45, 7) is 26.9. The highest BCUT2D eigenvalue weighted by Gasteiger charge is 1.91. The Morgan fingerprint density at radius 3 is 0.556 bits per heavy atom. The molecule has 0 aliphatic carbocycles. The van der Waals surface area contributed by atoms with Crippen LogP contribution < -0.4 is 0 Å². The van der Waals surface area contributed by atoms with E-state index in [2.05, 4.69) is 53.3 Å². The minimum Gasteiger partial charge on any atom is -0.478 e. The molecule has 0 amide bonds. The van der Waals surface area contributed by atoms with Gasteiger partial charge in [-0.2, -0.15) is 0 Å². The van der Waals surface area contributed by atoms with Gasteiger partial charge in [0.25, 0.3) is 0 Å². The molecule has 0 aromatic heterocycles. The van der Waals surface area contributed by atoms with Crippen molar-refractivity contribution in [2.45, 2.75) is 41.0 Å². The molecule has 0 saturated heterocycles. The molecule has 12 heteroatoms. The Bertz CT molecular complexity index is 623. The lowest BCUT2D eigenvalue weighted by Crippen LogP contribution is -1.92. The third kappa shape index (κ3) is 133. The number of hydrogen-bond acceptors (Lipinski definition) is 6. The van der Waals surface area contributed by atoms with Gasteiger partial charge in [0.15, 0.2) is 0 Å². The normalized spacial score (nSPS) is 6.92. The molecule has 0 saturated carbocycles. The molecule has 0 atom stereocenters. The van der Waals surface area contributed by atoms with Crippen molar-refractivity contribution in [3.63, 3.8) is 0 Å². The maximum Gasteiger partial charge on any atom is 0.330 e. The zero-order valence-electron chi connectivity index (χ0n) is 21.3. The number of carboxylic acid groups (broad SMARTS) is 6. The smallest absolute Gasteiger partial charge is 0.330 e. The van der Waals surface area contributed by atoms with E-state index >= 15 is 0 Å². The Labute approximate surface area is 211 Å². The Morgan fingerprint density at radius 1 is 0.500 bits per heavy atom. The fourth-order valence-corrected chi connectivity index (χ4v) is 0. The van der Waals surface area contributed by atoms with Gasteiger partial charge in [0, 0.05) is 34.9 Å². The van der Waals surface area contributed by atoms with Crippen LogP contribution in [-0.2, 0) is 28.8 Å². The highest BCUT2D eigenvalue weighted by molar-refractivity contribution is 5.85. The molecule has 36 heavy (non-hydrogen) atoms. The molecule has 0 rings (SSSR count). The Kier molecular flexibility index (Phi) is 50.8. The molecule has 0 heterocycles. The van der Waals surface area contributed by atoms with Crippen LogP contribution in [0.25, 0.3) is 0 Å². The van der Waals surface area contributed by atoms with Crippen molar-refractivity contribution in [3.05, 3.63) is 74.4 Å². The largest absolute Gasteiger partial charge is 0.478 e. The van der Waals surface area contributed by atoms with E-state index in [1.165, 1.54) is 27.2 Å². The summed E-state index contributed by atoms with van der Waals surface area (Å²) in [4.78, 5) is 56.5. The number of hydrogen-bond donors (Lipinski definition) is 6. The van der Waals surface area contributed by atoms with E-state index in [1.54, 1.807) is 0 Å². The van der Waals surface area contributed by atoms with Gasteiger partial charge < -0.3 is 30.6 Å². The maximum absolute atomic E-state index is 9.60. The zero-order chi connectivity index (χ0) is 31.0. The van der Waals surface area contributed by atoms with Crippen LogP contribution in [0.15, 0.2) is 74.4 Å². The first kappa shape index (κ1) is 48.6. The van der Waals surface area contributed by atoms with Crippen LogP contribution in [0, 0.1) is 0 Å². The topological polar surface area (TPSA) is 224 Å². The fraction of sp³-hybridized carbons (Fsp3) is 0.250. The third-order valence-corrected chi connectivity index (χ3v) is 1.62. The number of carbonyl (C=O) groups is 6. The molecule has 0 bridgehead atoms. The van der Waals surface area contributed by atoms with Crippen molar-refractivity contribution in [2.24, 2.45) is 0 Å². The highest BCUT2D eigenvalue weighted by atomic mass is 16.4. The van der Waals surface area contributed by atoms with Crippen LogP contribution in [0.5, 0.6) is 0 Å². The highest BCUT2D eigenvalue weighted by Crippen LogP contribution is 1.82. The van der Waals surface area contributed by atoms with Crippen LogP contribution in [0.1, 0.15) is 41.0 Å². The van der Waals surface area contributed by atoms with E-state index in [-0.39, 0.29) is 16.7 Å². The van der Waals surface area contributed by atoms with Crippen molar-refractivity contribution >= 4 is 35.8 Å². The van der Waals surface area contributed by atoms with Crippen molar-refractivity contribution in [1.29, 1.82) is 0 Å². The molecule has 0 aromatic carbocycles. The monoisotopic (exact) mass is 518 g/mol. The van der Waals surface area contributed by atoms with E-state index in [9.17, 15) is 28.8 Å².